The van der Waals surface area contributed by atoms with Crippen LogP contribution >= 0.6 is 11.8 Å². The summed E-state index contributed by atoms with van der Waals surface area (Å²) in [5.41, 5.74) is -0.0746. The molecular weight excluding hydrogens is 282 g/mol. The minimum atomic E-state index is -0.630. The third kappa shape index (κ3) is 3.01. The topological polar surface area (TPSA) is 85.6 Å². The summed E-state index contributed by atoms with van der Waals surface area (Å²) in [5.74, 6) is 0.586. The van der Waals surface area contributed by atoms with Gasteiger partial charge in [-0.15, -0.1) is 0 Å². The van der Waals surface area contributed by atoms with Gasteiger partial charge >= 0.3 is 11.7 Å². The van der Waals surface area contributed by atoms with Crippen LogP contribution in [0.5, 0.6) is 0 Å². The molecule has 1 aromatic rings. The van der Waals surface area contributed by atoms with Crippen molar-refractivity contribution in [3.63, 3.8) is 0 Å². The average Bonchev–Trinajstić information content (AvgIpc) is 2.45. The number of esters is 1. The van der Waals surface area contributed by atoms with Gasteiger partial charge in [-0.2, -0.15) is 11.8 Å². The Morgan fingerprint density at radius 3 is 3.00 bits per heavy atom. The highest BCUT2D eigenvalue weighted by Crippen LogP contribution is 2.30. The summed E-state index contributed by atoms with van der Waals surface area (Å²) >= 11 is 1.83. The van der Waals surface area contributed by atoms with Crippen LogP contribution in [0.4, 0.5) is 11.5 Å². The molecule has 0 N–H and O–H groups in total. The fourth-order valence-electron chi connectivity index (χ4n) is 2.06. The van der Waals surface area contributed by atoms with E-state index in [0.29, 0.717) is 24.2 Å². The number of nitro groups is 1. The van der Waals surface area contributed by atoms with Gasteiger partial charge in [0.15, 0.2) is 0 Å². The molecular formula is C12H15N3O4S. The van der Waals surface area contributed by atoms with Gasteiger partial charge in [-0.3, -0.25) is 10.1 Å². The lowest BCUT2D eigenvalue weighted by Gasteiger charge is -2.31. The highest BCUT2D eigenvalue weighted by atomic mass is 32.2. The lowest BCUT2D eigenvalue weighted by molar-refractivity contribution is -0.384. The predicted molar refractivity (Wildman–Crippen MR) is 76.4 cm³/mol. The van der Waals surface area contributed by atoms with Gasteiger partial charge < -0.3 is 9.64 Å². The number of carbonyl (C=O) groups excluding carboxylic acids is 1. The van der Waals surface area contributed by atoms with Crippen molar-refractivity contribution in [1.82, 2.24) is 4.98 Å². The molecule has 0 saturated carbocycles. The zero-order chi connectivity index (χ0) is 14.7. The van der Waals surface area contributed by atoms with Gasteiger partial charge in [0.25, 0.3) is 0 Å². The highest BCUT2D eigenvalue weighted by Gasteiger charge is 2.27. The van der Waals surface area contributed by atoms with Crippen molar-refractivity contribution in [2.75, 3.05) is 30.9 Å². The van der Waals surface area contributed by atoms with E-state index in [9.17, 15) is 14.9 Å². The van der Waals surface area contributed by atoms with E-state index in [4.69, 9.17) is 0 Å². The van der Waals surface area contributed by atoms with Crippen LogP contribution in [0.1, 0.15) is 17.3 Å². The molecule has 2 heterocycles. The second-order valence-electron chi connectivity index (χ2n) is 4.44. The van der Waals surface area contributed by atoms with Crippen LogP contribution in [-0.2, 0) is 4.74 Å². The molecule has 8 heteroatoms. The molecule has 108 valence electrons. The fraction of sp³-hybridized carbons (Fsp3) is 0.500. The van der Waals surface area contributed by atoms with E-state index in [2.05, 4.69) is 16.6 Å². The summed E-state index contributed by atoms with van der Waals surface area (Å²) < 4.78 is 4.55. The zero-order valence-electron chi connectivity index (χ0n) is 11.2. The highest BCUT2D eigenvalue weighted by molar-refractivity contribution is 8.00. The Balaban J connectivity index is 2.37. The van der Waals surface area contributed by atoms with Crippen LogP contribution in [0.2, 0.25) is 0 Å². The van der Waals surface area contributed by atoms with Gasteiger partial charge in [-0.05, 0) is 0 Å². The fourth-order valence-corrected chi connectivity index (χ4v) is 3.08. The van der Waals surface area contributed by atoms with Crippen molar-refractivity contribution in [3.8, 4) is 0 Å². The Labute approximate surface area is 120 Å². The molecule has 0 aliphatic carbocycles. The monoisotopic (exact) mass is 297 g/mol. The molecule has 20 heavy (non-hydrogen) atoms. The first kappa shape index (κ1) is 14.6. The molecule has 1 saturated heterocycles. The van der Waals surface area contributed by atoms with Crippen molar-refractivity contribution in [3.05, 3.63) is 27.9 Å². The van der Waals surface area contributed by atoms with Gasteiger partial charge in [-0.1, -0.05) is 6.92 Å². The first-order valence-electron chi connectivity index (χ1n) is 6.12. The van der Waals surface area contributed by atoms with E-state index in [1.54, 1.807) is 0 Å². The maximum absolute atomic E-state index is 11.4. The average molecular weight is 297 g/mol. The van der Waals surface area contributed by atoms with Crippen LogP contribution < -0.4 is 4.90 Å². The Morgan fingerprint density at radius 2 is 2.40 bits per heavy atom. The smallest absolute Gasteiger partial charge is 0.339 e. The zero-order valence-corrected chi connectivity index (χ0v) is 12.1. The lowest BCUT2D eigenvalue weighted by atomic mass is 10.2. The first-order chi connectivity index (χ1) is 9.52. The van der Waals surface area contributed by atoms with Crippen LogP contribution in [0.3, 0.4) is 0 Å². The number of pyridine rings is 1. The normalized spacial score (nSPS) is 18.7. The molecule has 0 aromatic carbocycles. The summed E-state index contributed by atoms with van der Waals surface area (Å²) in [7, 11) is 1.23. The summed E-state index contributed by atoms with van der Waals surface area (Å²) in [6.07, 6.45) is 1.32. The summed E-state index contributed by atoms with van der Waals surface area (Å²) in [4.78, 5) is 28.1. The third-order valence-corrected chi connectivity index (χ3v) is 4.14. The number of ether oxygens (including phenoxy) is 1. The van der Waals surface area contributed by atoms with Crippen molar-refractivity contribution in [2.24, 2.45) is 0 Å². The number of methoxy groups -OCH3 is 1. The molecule has 2 rings (SSSR count). The molecule has 1 aliphatic heterocycles. The number of nitrogens with zero attached hydrogens (tertiary/aromatic N) is 3. The number of hydrogen-bond donors (Lipinski definition) is 0. The first-order valence-corrected chi connectivity index (χ1v) is 7.17. The molecule has 0 amide bonds. The number of aromatic nitrogens is 1. The quantitative estimate of drug-likeness (QED) is 0.477. The number of thioether (sulfide) groups is 1. The van der Waals surface area contributed by atoms with Gasteiger partial charge in [0.05, 0.1) is 17.6 Å². The Kier molecular flexibility index (Phi) is 4.43. The molecule has 0 radical (unpaired) electrons. The molecule has 0 spiro atoms. The van der Waals surface area contributed by atoms with E-state index in [-0.39, 0.29) is 11.3 Å². The van der Waals surface area contributed by atoms with E-state index in [0.717, 1.165) is 5.75 Å². The van der Waals surface area contributed by atoms with Crippen molar-refractivity contribution >= 4 is 29.2 Å². The molecule has 1 unspecified atom stereocenters. The van der Waals surface area contributed by atoms with Gasteiger partial charge in [0.2, 0.25) is 5.82 Å². The molecule has 0 bridgehead atoms. The molecule has 7 nitrogen and oxygen atoms in total. The molecule has 1 aliphatic rings. The minimum absolute atomic E-state index is 0.0855. The van der Waals surface area contributed by atoms with Crippen LogP contribution in [0, 0.1) is 10.1 Å². The van der Waals surface area contributed by atoms with E-state index in [1.165, 1.54) is 19.4 Å². The second-order valence-corrected chi connectivity index (χ2v) is 5.99. The second kappa shape index (κ2) is 6.08. The Bertz CT molecular complexity index is 537. The largest absolute Gasteiger partial charge is 0.465 e. The summed E-state index contributed by atoms with van der Waals surface area (Å²) in [6.45, 7) is 3.49. The summed E-state index contributed by atoms with van der Waals surface area (Å²) in [5, 5.41) is 11.6. The number of anilines is 1. The van der Waals surface area contributed by atoms with Gasteiger partial charge in [0, 0.05) is 36.4 Å². The predicted octanol–water partition coefficient (Wildman–Crippen LogP) is 1.72. The van der Waals surface area contributed by atoms with Crippen molar-refractivity contribution < 1.29 is 14.5 Å². The van der Waals surface area contributed by atoms with Gasteiger partial charge in [-0.25, -0.2) is 9.78 Å². The van der Waals surface area contributed by atoms with Crippen LogP contribution in [0.25, 0.3) is 0 Å². The molecule has 1 fully saturated rings. The van der Waals surface area contributed by atoms with Crippen LogP contribution in [-0.4, -0.2) is 47.1 Å². The number of rotatable bonds is 3. The third-order valence-electron chi connectivity index (χ3n) is 3.01. The maximum Gasteiger partial charge on any atom is 0.339 e. The molecule has 1 aromatic heterocycles. The number of hydrogen-bond acceptors (Lipinski definition) is 7. The van der Waals surface area contributed by atoms with Crippen molar-refractivity contribution in [1.29, 1.82) is 0 Å². The van der Waals surface area contributed by atoms with Crippen molar-refractivity contribution in [2.45, 2.75) is 12.2 Å². The van der Waals surface area contributed by atoms with E-state index in [1.807, 2.05) is 16.7 Å². The van der Waals surface area contributed by atoms with E-state index < -0.39 is 10.9 Å². The SMILES string of the molecule is COC(=O)c1cnc(N2CCSC(C)C2)c([N+](=O)[O-])c1. The Hall–Kier alpha value is -1.83. The Morgan fingerprint density at radius 1 is 1.65 bits per heavy atom. The number of carbonyl (C=O) groups is 1. The van der Waals surface area contributed by atoms with Crippen LogP contribution in [0.15, 0.2) is 12.3 Å². The summed E-state index contributed by atoms with van der Waals surface area (Å²) in [6, 6.07) is 1.22. The minimum Gasteiger partial charge on any atom is -0.465 e. The molecule has 1 atom stereocenters. The van der Waals surface area contributed by atoms with E-state index >= 15 is 0 Å². The maximum atomic E-state index is 11.4. The lowest BCUT2D eigenvalue weighted by Crippen LogP contribution is -2.37. The standard InChI is InChI=1S/C12H15N3O4S/c1-8-7-14(3-4-20-8)11-10(15(17)18)5-9(6-13-11)12(16)19-2/h5-6,8H,3-4,7H2,1-2H3. The van der Waals surface area contributed by atoms with Gasteiger partial charge in [0.1, 0.15) is 0 Å².